The summed E-state index contributed by atoms with van der Waals surface area (Å²) in [4.78, 5) is 0. The van der Waals surface area contributed by atoms with E-state index in [1.54, 1.807) is 0 Å². The van der Waals surface area contributed by atoms with Crippen LogP contribution in [0.5, 0.6) is 0 Å². The van der Waals surface area contributed by atoms with Crippen LogP contribution in [0.1, 0.15) is 12.8 Å². The number of aliphatic hydroxyl groups excluding tert-OH is 2. The maximum absolute atomic E-state index is 8.88. The Morgan fingerprint density at radius 3 is 1.62 bits per heavy atom. The molecule has 0 bridgehead atoms. The van der Waals surface area contributed by atoms with Crippen LogP contribution in [-0.2, 0) is 0 Å². The molecular weight excluding hydrogens is 104 g/mol. The zero-order valence-corrected chi connectivity index (χ0v) is 4.62. The maximum Gasteiger partial charge on any atom is 0.0836 e. The summed E-state index contributed by atoms with van der Waals surface area (Å²) in [5, 5.41) is 17.8. The Labute approximate surface area is 48.5 Å². The minimum absolute atomic E-state index is 0.528. The number of hydrogen-bond donors (Lipinski definition) is 2. The van der Waals surface area contributed by atoms with E-state index in [9.17, 15) is 0 Å². The third-order valence-electron chi connectivity index (χ3n) is 1.37. The lowest BCUT2D eigenvalue weighted by Crippen LogP contribution is -2.26. The van der Waals surface area contributed by atoms with Crippen LogP contribution in [0.4, 0.5) is 0 Å². The Bertz CT molecular complexity index is 86.7. The molecule has 2 atom stereocenters. The van der Waals surface area contributed by atoms with Gasteiger partial charge in [-0.05, 0) is 12.8 Å². The maximum atomic E-state index is 8.88. The van der Waals surface area contributed by atoms with Gasteiger partial charge in [-0.1, -0.05) is 12.2 Å². The summed E-state index contributed by atoms with van der Waals surface area (Å²) in [5.74, 6) is 0. The monoisotopic (exact) mass is 114 g/mol. The second kappa shape index (κ2) is 2.29. The zero-order chi connectivity index (χ0) is 5.98. The van der Waals surface area contributed by atoms with Crippen molar-refractivity contribution in [2.24, 2.45) is 0 Å². The molecule has 0 unspecified atom stereocenters. The van der Waals surface area contributed by atoms with Gasteiger partial charge in [0, 0.05) is 0 Å². The largest absolute Gasteiger partial charge is 0.390 e. The highest BCUT2D eigenvalue weighted by molar-refractivity contribution is 4.94. The van der Waals surface area contributed by atoms with Gasteiger partial charge in [-0.15, -0.1) is 0 Å². The van der Waals surface area contributed by atoms with E-state index in [1.165, 1.54) is 0 Å². The van der Waals surface area contributed by atoms with Crippen molar-refractivity contribution in [1.82, 2.24) is 0 Å². The number of hydrogen-bond acceptors (Lipinski definition) is 2. The molecule has 0 saturated carbocycles. The van der Waals surface area contributed by atoms with E-state index in [0.717, 1.165) is 0 Å². The summed E-state index contributed by atoms with van der Waals surface area (Å²) < 4.78 is 0. The second-order valence-corrected chi connectivity index (χ2v) is 2.08. The highest BCUT2D eigenvalue weighted by Gasteiger charge is 2.15. The molecule has 8 heavy (non-hydrogen) atoms. The third-order valence-corrected chi connectivity index (χ3v) is 1.37. The van der Waals surface area contributed by atoms with Gasteiger partial charge in [0.05, 0.1) is 12.2 Å². The highest BCUT2D eigenvalue weighted by atomic mass is 16.3. The van der Waals surface area contributed by atoms with Crippen LogP contribution in [0.3, 0.4) is 0 Å². The summed E-state index contributed by atoms with van der Waals surface area (Å²) >= 11 is 0. The van der Waals surface area contributed by atoms with Crippen LogP contribution in [-0.4, -0.2) is 22.4 Å². The van der Waals surface area contributed by atoms with Gasteiger partial charge in [-0.2, -0.15) is 0 Å². The molecule has 0 fully saturated rings. The first-order valence-electron chi connectivity index (χ1n) is 2.82. The SMILES string of the molecule is O[C@@H]1CC=CC[C@@H]1O. The minimum Gasteiger partial charge on any atom is -0.390 e. The summed E-state index contributed by atoms with van der Waals surface area (Å²) in [6.45, 7) is 0. The highest BCUT2D eigenvalue weighted by Crippen LogP contribution is 2.10. The van der Waals surface area contributed by atoms with Crippen molar-refractivity contribution >= 4 is 0 Å². The Hall–Kier alpha value is -0.340. The zero-order valence-electron chi connectivity index (χ0n) is 4.62. The van der Waals surface area contributed by atoms with Crippen molar-refractivity contribution < 1.29 is 10.2 Å². The quantitative estimate of drug-likeness (QED) is 0.437. The van der Waals surface area contributed by atoms with Gasteiger partial charge in [0.25, 0.3) is 0 Å². The Morgan fingerprint density at radius 1 is 1.00 bits per heavy atom. The van der Waals surface area contributed by atoms with Gasteiger partial charge in [0.2, 0.25) is 0 Å². The van der Waals surface area contributed by atoms with Gasteiger partial charge in [0.15, 0.2) is 0 Å². The molecule has 0 aromatic heterocycles. The lowest BCUT2D eigenvalue weighted by molar-refractivity contribution is 0.0193. The van der Waals surface area contributed by atoms with Gasteiger partial charge in [-0.3, -0.25) is 0 Å². The van der Waals surface area contributed by atoms with Crippen LogP contribution >= 0.6 is 0 Å². The van der Waals surface area contributed by atoms with E-state index in [-0.39, 0.29) is 0 Å². The lowest BCUT2D eigenvalue weighted by atomic mass is 10.0. The number of rotatable bonds is 0. The molecule has 1 aliphatic carbocycles. The molecule has 0 heterocycles. The van der Waals surface area contributed by atoms with E-state index >= 15 is 0 Å². The first-order valence-corrected chi connectivity index (χ1v) is 2.82. The van der Waals surface area contributed by atoms with Crippen molar-refractivity contribution in [3.05, 3.63) is 12.2 Å². The minimum atomic E-state index is -0.528. The van der Waals surface area contributed by atoms with E-state index < -0.39 is 12.2 Å². The van der Waals surface area contributed by atoms with Gasteiger partial charge >= 0.3 is 0 Å². The lowest BCUT2D eigenvalue weighted by Gasteiger charge is -2.17. The van der Waals surface area contributed by atoms with Crippen molar-refractivity contribution in [2.45, 2.75) is 25.0 Å². The van der Waals surface area contributed by atoms with Gasteiger partial charge in [-0.25, -0.2) is 0 Å². The Balaban J connectivity index is 2.44. The van der Waals surface area contributed by atoms with Crippen LogP contribution in [0.2, 0.25) is 0 Å². The van der Waals surface area contributed by atoms with Crippen LogP contribution in [0.25, 0.3) is 0 Å². The molecule has 0 radical (unpaired) electrons. The fourth-order valence-corrected chi connectivity index (χ4v) is 0.785. The predicted octanol–water partition coefficient (Wildman–Crippen LogP) is 0.0582. The van der Waals surface area contributed by atoms with Crippen molar-refractivity contribution in [3.8, 4) is 0 Å². The summed E-state index contributed by atoms with van der Waals surface area (Å²) in [7, 11) is 0. The molecule has 0 amide bonds. The summed E-state index contributed by atoms with van der Waals surface area (Å²) in [6, 6.07) is 0. The molecule has 1 aliphatic rings. The van der Waals surface area contributed by atoms with E-state index in [2.05, 4.69) is 0 Å². The Kier molecular flexibility index (Phi) is 1.65. The molecule has 1 rings (SSSR count). The molecule has 2 nitrogen and oxygen atoms in total. The molecule has 0 aliphatic heterocycles. The topological polar surface area (TPSA) is 40.5 Å². The fourth-order valence-electron chi connectivity index (χ4n) is 0.785. The van der Waals surface area contributed by atoms with Gasteiger partial charge < -0.3 is 10.2 Å². The molecule has 0 spiro atoms. The van der Waals surface area contributed by atoms with Crippen LogP contribution < -0.4 is 0 Å². The number of aliphatic hydroxyl groups is 2. The van der Waals surface area contributed by atoms with E-state index in [1.807, 2.05) is 12.2 Å². The first kappa shape index (κ1) is 5.79. The molecule has 2 N–H and O–H groups in total. The molecule has 2 heteroatoms. The fraction of sp³-hybridized carbons (Fsp3) is 0.667. The average Bonchev–Trinajstić information content (AvgIpc) is 1.77. The van der Waals surface area contributed by atoms with Crippen molar-refractivity contribution in [3.63, 3.8) is 0 Å². The normalized spacial score (nSPS) is 37.8. The average molecular weight is 114 g/mol. The molecule has 46 valence electrons. The third kappa shape index (κ3) is 1.08. The molecule has 0 aromatic carbocycles. The van der Waals surface area contributed by atoms with E-state index in [0.29, 0.717) is 12.8 Å². The molecular formula is C6H10O2. The molecule has 0 saturated heterocycles. The summed E-state index contributed by atoms with van der Waals surface area (Å²) in [6.07, 6.45) is 3.91. The Morgan fingerprint density at radius 2 is 1.38 bits per heavy atom. The second-order valence-electron chi connectivity index (χ2n) is 2.08. The van der Waals surface area contributed by atoms with Crippen LogP contribution in [0.15, 0.2) is 12.2 Å². The first-order chi connectivity index (χ1) is 3.80. The van der Waals surface area contributed by atoms with Crippen molar-refractivity contribution in [1.29, 1.82) is 0 Å². The van der Waals surface area contributed by atoms with Crippen molar-refractivity contribution in [2.75, 3.05) is 0 Å². The van der Waals surface area contributed by atoms with E-state index in [4.69, 9.17) is 10.2 Å². The summed E-state index contributed by atoms with van der Waals surface area (Å²) in [5.41, 5.74) is 0. The standard InChI is InChI=1S/C6H10O2/c7-5-3-1-2-4-6(5)8/h1-2,5-8H,3-4H2/t5-,6+. The smallest absolute Gasteiger partial charge is 0.0836 e. The van der Waals surface area contributed by atoms with Crippen LogP contribution in [0, 0.1) is 0 Å². The van der Waals surface area contributed by atoms with Gasteiger partial charge in [0.1, 0.15) is 0 Å². The predicted molar refractivity (Wildman–Crippen MR) is 30.4 cm³/mol. The molecule has 0 aromatic rings.